The molecule has 0 heterocycles. The number of alkyl halides is 2. The molecule has 0 radical (unpaired) electrons. The molecular weight excluding hydrogens is 582 g/mol. The summed E-state index contributed by atoms with van der Waals surface area (Å²) < 4.78 is -0.172. The van der Waals surface area contributed by atoms with Gasteiger partial charge in [-0.2, -0.15) is 0 Å². The van der Waals surface area contributed by atoms with Crippen molar-refractivity contribution in [2.24, 2.45) is 34.1 Å². The lowest BCUT2D eigenvalue weighted by molar-refractivity contribution is 0.0193. The average Bonchev–Trinajstić information content (AvgIpc) is 2.64. The van der Waals surface area contributed by atoms with Crippen molar-refractivity contribution in [3.63, 3.8) is 0 Å². The van der Waals surface area contributed by atoms with Crippen LogP contribution >= 0.6 is 45.2 Å². The Balaban J connectivity index is 2.28. The minimum absolute atomic E-state index is 0.0859. The highest BCUT2D eigenvalue weighted by molar-refractivity contribution is 14.1. The van der Waals surface area contributed by atoms with Gasteiger partial charge in [0.15, 0.2) is 0 Å². The number of hydrogen-bond donors (Lipinski definition) is 2. The van der Waals surface area contributed by atoms with Crippen LogP contribution < -0.4 is 11.5 Å². The molecular formula is C25H48I2N2. The molecule has 0 bridgehead atoms. The predicted octanol–water partition coefficient (Wildman–Crippen LogP) is 8.33. The first kappa shape index (κ1) is 26.6. The fraction of sp³-hybridized carbons (Fsp3) is 1.00. The van der Waals surface area contributed by atoms with Gasteiger partial charge in [0.1, 0.15) is 0 Å². The van der Waals surface area contributed by atoms with E-state index in [9.17, 15) is 0 Å². The third kappa shape index (κ3) is 5.15. The molecule has 2 aliphatic carbocycles. The van der Waals surface area contributed by atoms with Crippen LogP contribution in [0, 0.1) is 22.7 Å². The molecule has 0 aromatic heterocycles. The Bertz CT molecular complexity index is 436. The summed E-state index contributed by atoms with van der Waals surface area (Å²) in [6.45, 7) is 9.37. The van der Waals surface area contributed by atoms with E-state index in [4.69, 9.17) is 11.5 Å². The fourth-order valence-corrected chi connectivity index (χ4v) is 10.1. The van der Waals surface area contributed by atoms with Crippen LogP contribution in [-0.4, -0.2) is 7.09 Å². The Kier molecular flexibility index (Phi) is 10.1. The van der Waals surface area contributed by atoms with Crippen LogP contribution in [0.5, 0.6) is 0 Å². The Hall–Kier alpha value is 1.38. The molecule has 29 heavy (non-hydrogen) atoms. The lowest BCUT2D eigenvalue weighted by Crippen LogP contribution is -2.61. The molecule has 2 fully saturated rings. The molecule has 2 nitrogen and oxygen atoms in total. The van der Waals surface area contributed by atoms with Gasteiger partial charge in [-0.3, -0.25) is 0 Å². The molecule has 172 valence electrons. The van der Waals surface area contributed by atoms with Gasteiger partial charge in [0.05, 0.1) is 7.09 Å². The molecule has 0 amide bonds. The van der Waals surface area contributed by atoms with Gasteiger partial charge in [-0.05, 0) is 80.5 Å². The second-order valence-electron chi connectivity index (χ2n) is 10.5. The Morgan fingerprint density at radius 2 is 0.966 bits per heavy atom. The molecule has 2 aliphatic rings. The van der Waals surface area contributed by atoms with E-state index in [0.717, 1.165) is 0 Å². The largest absolute Gasteiger partial charge is 0.316 e. The minimum Gasteiger partial charge on any atom is -0.316 e. The molecule has 0 aliphatic heterocycles. The third-order valence-corrected chi connectivity index (χ3v) is 12.8. The number of hydrogen-bond acceptors (Lipinski definition) is 2. The molecule has 0 aromatic rings. The second-order valence-corrected chi connectivity index (χ2v) is 14.1. The standard InChI is InChI=1S/C25H48I2N2/c1-5-13-22(14-6-2)17-9-11-20(24(22,26)28)19-21-12-10-18-23(15-7-3,16-8-4)25(21,27)29/h20-21H,5-19,28-29H2,1-4H3. The Labute approximate surface area is 209 Å². The maximum Gasteiger partial charge on any atom is 0.0765 e. The van der Waals surface area contributed by atoms with Gasteiger partial charge in [-0.15, -0.1) is 0 Å². The molecule has 0 aromatic carbocycles. The minimum atomic E-state index is -0.0859. The highest BCUT2D eigenvalue weighted by Gasteiger charge is 2.57. The van der Waals surface area contributed by atoms with Gasteiger partial charge in [-0.25, -0.2) is 0 Å². The first-order valence-corrected chi connectivity index (χ1v) is 14.8. The van der Waals surface area contributed by atoms with Gasteiger partial charge in [-0.1, -0.05) is 111 Å². The molecule has 2 saturated carbocycles. The highest BCUT2D eigenvalue weighted by Crippen LogP contribution is 2.60. The monoisotopic (exact) mass is 630 g/mol. The lowest BCUT2D eigenvalue weighted by Gasteiger charge is -2.57. The van der Waals surface area contributed by atoms with Crippen molar-refractivity contribution in [3.05, 3.63) is 0 Å². The summed E-state index contributed by atoms with van der Waals surface area (Å²) in [5, 5.41) is 0. The van der Waals surface area contributed by atoms with Crippen molar-refractivity contribution >= 4 is 45.2 Å². The first-order chi connectivity index (χ1) is 13.7. The van der Waals surface area contributed by atoms with E-state index >= 15 is 0 Å². The van der Waals surface area contributed by atoms with Crippen molar-refractivity contribution in [2.75, 3.05) is 0 Å². The van der Waals surface area contributed by atoms with Crippen molar-refractivity contribution < 1.29 is 0 Å². The van der Waals surface area contributed by atoms with E-state index in [1.54, 1.807) is 0 Å². The zero-order valence-electron chi connectivity index (χ0n) is 19.7. The predicted molar refractivity (Wildman–Crippen MR) is 146 cm³/mol. The van der Waals surface area contributed by atoms with E-state index in [0.29, 0.717) is 22.7 Å². The van der Waals surface area contributed by atoms with E-state index in [2.05, 4.69) is 72.9 Å². The molecule has 4 atom stereocenters. The van der Waals surface area contributed by atoms with Crippen LogP contribution in [0.4, 0.5) is 0 Å². The van der Waals surface area contributed by atoms with Crippen molar-refractivity contribution in [1.29, 1.82) is 0 Å². The van der Waals surface area contributed by atoms with Crippen molar-refractivity contribution in [2.45, 2.75) is 131 Å². The molecule has 4 unspecified atom stereocenters. The summed E-state index contributed by atoms with van der Waals surface area (Å²) in [6, 6.07) is 0. The summed E-state index contributed by atoms with van der Waals surface area (Å²) in [7, 11) is 0. The number of rotatable bonds is 10. The maximum atomic E-state index is 7.31. The normalized spacial score (nSPS) is 36.8. The average molecular weight is 630 g/mol. The number of halogens is 2. The van der Waals surface area contributed by atoms with Gasteiger partial charge in [0.25, 0.3) is 0 Å². The van der Waals surface area contributed by atoms with Crippen LogP contribution in [0.25, 0.3) is 0 Å². The summed E-state index contributed by atoms with van der Waals surface area (Å²) in [5.41, 5.74) is 15.3. The lowest BCUT2D eigenvalue weighted by atomic mass is 9.57. The molecule has 4 N–H and O–H groups in total. The van der Waals surface area contributed by atoms with E-state index < -0.39 is 0 Å². The van der Waals surface area contributed by atoms with E-state index in [-0.39, 0.29) is 7.09 Å². The topological polar surface area (TPSA) is 52.0 Å². The maximum absolute atomic E-state index is 7.31. The van der Waals surface area contributed by atoms with Gasteiger partial charge in [0, 0.05) is 0 Å². The molecule has 0 saturated heterocycles. The smallest absolute Gasteiger partial charge is 0.0765 e. The Morgan fingerprint density at radius 1 is 0.655 bits per heavy atom. The zero-order valence-corrected chi connectivity index (χ0v) is 24.0. The van der Waals surface area contributed by atoms with Crippen molar-refractivity contribution in [3.8, 4) is 0 Å². The van der Waals surface area contributed by atoms with Gasteiger partial charge < -0.3 is 11.5 Å². The highest BCUT2D eigenvalue weighted by atomic mass is 127. The summed E-state index contributed by atoms with van der Waals surface area (Å²) in [4.78, 5) is 0. The van der Waals surface area contributed by atoms with Crippen molar-refractivity contribution in [1.82, 2.24) is 0 Å². The van der Waals surface area contributed by atoms with Gasteiger partial charge >= 0.3 is 0 Å². The quantitative estimate of drug-likeness (QED) is 0.145. The molecule has 0 spiro atoms. The van der Waals surface area contributed by atoms with E-state index in [1.807, 2.05) is 0 Å². The number of nitrogens with two attached hydrogens (primary N) is 2. The second kappa shape index (κ2) is 11.0. The van der Waals surface area contributed by atoms with Crippen LogP contribution in [0.2, 0.25) is 0 Å². The van der Waals surface area contributed by atoms with Crippen LogP contribution in [-0.2, 0) is 0 Å². The van der Waals surface area contributed by atoms with Crippen LogP contribution in [0.3, 0.4) is 0 Å². The summed E-state index contributed by atoms with van der Waals surface area (Å²) in [6.07, 6.45) is 19.3. The first-order valence-electron chi connectivity index (χ1n) is 12.6. The summed E-state index contributed by atoms with van der Waals surface area (Å²) >= 11 is 5.40. The third-order valence-electron chi connectivity index (χ3n) is 8.71. The fourth-order valence-electron chi connectivity index (χ4n) is 7.40. The Morgan fingerprint density at radius 3 is 1.24 bits per heavy atom. The zero-order chi connectivity index (χ0) is 21.8. The molecule has 4 heteroatoms. The van der Waals surface area contributed by atoms with Gasteiger partial charge in [0.2, 0.25) is 0 Å². The van der Waals surface area contributed by atoms with E-state index in [1.165, 1.54) is 96.3 Å². The summed E-state index contributed by atoms with van der Waals surface area (Å²) in [5.74, 6) is 1.22. The van der Waals surface area contributed by atoms with Crippen LogP contribution in [0.15, 0.2) is 0 Å². The SMILES string of the molecule is CCCC1(CCC)CCCC(CC2CCCC(CCC)(CCC)C2(N)I)C1(N)I. The van der Waals surface area contributed by atoms with Crippen LogP contribution in [0.1, 0.15) is 124 Å². The molecule has 2 rings (SSSR count).